The molecular weight excluding hydrogens is 291 g/mol. The minimum absolute atomic E-state index is 0.555. The highest BCUT2D eigenvalue weighted by atomic mass is 127. The van der Waals surface area contributed by atoms with Crippen LogP contribution in [0, 0.1) is 0 Å². The van der Waals surface area contributed by atoms with Crippen LogP contribution in [-0.4, -0.2) is 9.68 Å². The quantitative estimate of drug-likeness (QED) is 0.341. The second-order valence-electron chi connectivity index (χ2n) is 2.68. The Morgan fingerprint density at radius 2 is 2.08 bits per heavy atom. The normalized spacial score (nSPS) is 12.4. The molecule has 0 aliphatic heterocycles. The van der Waals surface area contributed by atoms with E-state index in [-0.39, 0.29) is 0 Å². The first-order valence-corrected chi connectivity index (χ1v) is 6.67. The predicted molar refractivity (Wildman–Crippen MR) is 69.8 cm³/mol. The van der Waals surface area contributed by atoms with Crippen LogP contribution in [0.25, 0.3) is 0 Å². The molecule has 0 heterocycles. The molecule has 0 aromatic heterocycles. The third-order valence-electron chi connectivity index (χ3n) is 1.69. The second kappa shape index (κ2) is 6.49. The zero-order chi connectivity index (χ0) is 9.52. The summed E-state index contributed by atoms with van der Waals surface area (Å²) in [6.07, 6.45) is 3.24. The van der Waals surface area contributed by atoms with E-state index in [4.69, 9.17) is 0 Å². The number of benzene rings is 1. The van der Waals surface area contributed by atoms with E-state index in [0.717, 1.165) is 0 Å². The number of hydrogen-bond donors (Lipinski definition) is 0. The van der Waals surface area contributed by atoms with Crippen molar-refractivity contribution in [2.24, 2.45) is 0 Å². The van der Waals surface area contributed by atoms with Gasteiger partial charge in [0.15, 0.2) is 0 Å². The van der Waals surface area contributed by atoms with E-state index in [1.165, 1.54) is 15.7 Å². The summed E-state index contributed by atoms with van der Waals surface area (Å²) in [5.41, 5.74) is 0. The van der Waals surface area contributed by atoms with Crippen LogP contribution < -0.4 is 0 Å². The van der Waals surface area contributed by atoms with Crippen molar-refractivity contribution >= 4 is 34.4 Å². The highest BCUT2D eigenvalue weighted by molar-refractivity contribution is 14.1. The molecule has 1 aromatic carbocycles. The van der Waals surface area contributed by atoms with Crippen molar-refractivity contribution in [2.45, 2.75) is 16.6 Å². The Balaban J connectivity index is 2.51. The molecule has 0 amide bonds. The summed E-state index contributed by atoms with van der Waals surface area (Å²) in [7, 11) is 0. The lowest BCUT2D eigenvalue weighted by Gasteiger charge is -2.09. The molecule has 0 nitrogen and oxygen atoms in total. The van der Waals surface area contributed by atoms with E-state index < -0.39 is 0 Å². The van der Waals surface area contributed by atoms with Crippen LogP contribution in [0.2, 0.25) is 0 Å². The van der Waals surface area contributed by atoms with Gasteiger partial charge in [-0.25, -0.2) is 0 Å². The zero-order valence-corrected chi connectivity index (χ0v) is 10.4. The minimum atomic E-state index is 0.555. The lowest BCUT2D eigenvalue weighted by molar-refractivity contribution is 1.01. The van der Waals surface area contributed by atoms with Gasteiger partial charge in [0, 0.05) is 14.6 Å². The maximum absolute atomic E-state index is 3.85. The van der Waals surface area contributed by atoms with Crippen LogP contribution in [0.4, 0.5) is 0 Å². The van der Waals surface area contributed by atoms with Gasteiger partial charge in [0.25, 0.3) is 0 Å². The zero-order valence-electron chi connectivity index (χ0n) is 7.45. The summed E-state index contributed by atoms with van der Waals surface area (Å²) >= 11 is 4.30. The van der Waals surface area contributed by atoms with E-state index in [9.17, 15) is 0 Å². The summed E-state index contributed by atoms with van der Waals surface area (Å²) in [6, 6.07) is 10.5. The molecular formula is C11H13IS. The highest BCUT2D eigenvalue weighted by Crippen LogP contribution is 2.25. The van der Waals surface area contributed by atoms with E-state index in [1.54, 1.807) is 0 Å². The van der Waals surface area contributed by atoms with Gasteiger partial charge in [-0.3, -0.25) is 0 Å². The third-order valence-corrected chi connectivity index (χ3v) is 3.59. The molecule has 1 aromatic rings. The van der Waals surface area contributed by atoms with Gasteiger partial charge in [0.1, 0.15) is 0 Å². The van der Waals surface area contributed by atoms with Crippen molar-refractivity contribution in [3.63, 3.8) is 0 Å². The van der Waals surface area contributed by atoms with Gasteiger partial charge in [-0.1, -0.05) is 46.9 Å². The molecule has 0 aliphatic carbocycles. The Bertz CT molecular complexity index is 246. The fourth-order valence-corrected chi connectivity index (χ4v) is 3.10. The lowest BCUT2D eigenvalue weighted by Crippen LogP contribution is -1.97. The van der Waals surface area contributed by atoms with Crippen LogP contribution in [0.5, 0.6) is 0 Å². The van der Waals surface area contributed by atoms with Crippen molar-refractivity contribution in [2.75, 3.05) is 4.43 Å². The van der Waals surface area contributed by atoms with E-state index in [1.807, 2.05) is 23.9 Å². The van der Waals surface area contributed by atoms with Crippen LogP contribution in [-0.2, 0) is 0 Å². The van der Waals surface area contributed by atoms with Gasteiger partial charge in [-0.2, -0.15) is 0 Å². The molecule has 0 radical (unpaired) electrons. The molecule has 70 valence electrons. The highest BCUT2D eigenvalue weighted by Gasteiger charge is 2.04. The smallest absolute Gasteiger partial charge is 0.0279 e. The Kier molecular flexibility index (Phi) is 5.55. The van der Waals surface area contributed by atoms with Crippen LogP contribution in [0.3, 0.4) is 0 Å². The van der Waals surface area contributed by atoms with Crippen molar-refractivity contribution in [1.82, 2.24) is 0 Å². The molecule has 0 saturated heterocycles. The van der Waals surface area contributed by atoms with Gasteiger partial charge < -0.3 is 0 Å². The molecule has 0 bridgehead atoms. The standard InChI is InChI=1S/C11H13IS/c1-2-10(8-9-12)13-11-6-4-3-5-7-11/h2-7,10H,1,8-9H2. The van der Waals surface area contributed by atoms with Gasteiger partial charge in [0.2, 0.25) is 0 Å². The van der Waals surface area contributed by atoms with Gasteiger partial charge in [0.05, 0.1) is 0 Å². The minimum Gasteiger partial charge on any atom is -0.119 e. The topological polar surface area (TPSA) is 0 Å². The van der Waals surface area contributed by atoms with Crippen LogP contribution >= 0.6 is 34.4 Å². The van der Waals surface area contributed by atoms with Gasteiger partial charge in [-0.05, 0) is 18.6 Å². The maximum Gasteiger partial charge on any atom is 0.0279 e. The SMILES string of the molecule is C=CC(CCI)Sc1ccccc1. The number of hydrogen-bond acceptors (Lipinski definition) is 1. The van der Waals surface area contributed by atoms with Gasteiger partial charge >= 0.3 is 0 Å². The molecule has 1 atom stereocenters. The predicted octanol–water partition coefficient (Wildman–Crippen LogP) is 4.16. The van der Waals surface area contributed by atoms with E-state index in [0.29, 0.717) is 5.25 Å². The largest absolute Gasteiger partial charge is 0.119 e. The van der Waals surface area contributed by atoms with E-state index in [2.05, 4.69) is 53.4 Å². The summed E-state index contributed by atoms with van der Waals surface area (Å²) < 4.78 is 1.19. The molecule has 0 fully saturated rings. The number of halogens is 1. The van der Waals surface area contributed by atoms with E-state index >= 15 is 0 Å². The van der Waals surface area contributed by atoms with Crippen LogP contribution in [0.15, 0.2) is 47.9 Å². The average molecular weight is 304 g/mol. The van der Waals surface area contributed by atoms with Crippen molar-refractivity contribution in [3.05, 3.63) is 43.0 Å². The first-order valence-electron chi connectivity index (χ1n) is 4.27. The number of alkyl halides is 1. The molecule has 0 aliphatic rings. The van der Waals surface area contributed by atoms with Crippen molar-refractivity contribution < 1.29 is 0 Å². The molecule has 2 heteroatoms. The number of thioether (sulfide) groups is 1. The Hall–Kier alpha value is 0.0400. The summed E-state index contributed by atoms with van der Waals surface area (Å²) in [5, 5.41) is 0.555. The second-order valence-corrected chi connectivity index (χ2v) is 5.07. The molecule has 0 saturated carbocycles. The molecule has 0 spiro atoms. The Morgan fingerprint density at radius 1 is 1.38 bits per heavy atom. The third kappa shape index (κ3) is 4.18. The molecule has 1 unspecified atom stereocenters. The first-order chi connectivity index (χ1) is 6.36. The summed E-state index contributed by atoms with van der Waals surface area (Å²) in [4.78, 5) is 1.33. The Morgan fingerprint density at radius 3 is 2.62 bits per heavy atom. The molecule has 0 N–H and O–H groups in total. The van der Waals surface area contributed by atoms with Crippen molar-refractivity contribution in [3.8, 4) is 0 Å². The monoisotopic (exact) mass is 304 g/mol. The fraction of sp³-hybridized carbons (Fsp3) is 0.273. The summed E-state index contributed by atoms with van der Waals surface area (Å²) in [5.74, 6) is 0. The fourth-order valence-electron chi connectivity index (χ4n) is 1.01. The molecule has 1 rings (SSSR count). The Labute approximate surface area is 98.0 Å². The first kappa shape index (κ1) is 11.1. The van der Waals surface area contributed by atoms with Crippen molar-refractivity contribution in [1.29, 1.82) is 0 Å². The van der Waals surface area contributed by atoms with Gasteiger partial charge in [-0.15, -0.1) is 18.3 Å². The summed E-state index contributed by atoms with van der Waals surface area (Å²) in [6.45, 7) is 3.85. The number of rotatable bonds is 5. The van der Waals surface area contributed by atoms with Crippen LogP contribution in [0.1, 0.15) is 6.42 Å². The maximum atomic E-state index is 3.85. The lowest BCUT2D eigenvalue weighted by atomic mass is 10.3. The molecule has 13 heavy (non-hydrogen) atoms. The average Bonchev–Trinajstić information content (AvgIpc) is 2.19.